The Kier molecular flexibility index (Phi) is 3.69. The number of aryl methyl sites for hydroxylation is 1. The van der Waals surface area contributed by atoms with Crippen molar-refractivity contribution in [1.82, 2.24) is 20.4 Å². The summed E-state index contributed by atoms with van der Waals surface area (Å²) >= 11 is 0. The van der Waals surface area contributed by atoms with Crippen LogP contribution in [0, 0.1) is 18.6 Å². The Bertz CT molecular complexity index is 658. The number of nitrogens with one attached hydrogen (secondary N) is 1. The molecule has 0 radical (unpaired) electrons. The van der Waals surface area contributed by atoms with Crippen molar-refractivity contribution in [3.63, 3.8) is 0 Å². The number of aromatic nitrogens is 2. The van der Waals surface area contributed by atoms with Crippen molar-refractivity contribution in [3.05, 3.63) is 35.2 Å². The van der Waals surface area contributed by atoms with Gasteiger partial charge in [-0.05, 0) is 25.6 Å². The molecular weight excluding hydrogens is 278 g/mol. The molecule has 1 fully saturated rings. The van der Waals surface area contributed by atoms with E-state index in [1.54, 1.807) is 6.92 Å². The first-order valence-corrected chi connectivity index (χ1v) is 6.77. The summed E-state index contributed by atoms with van der Waals surface area (Å²) in [6, 6.07) is 2.20. The predicted octanol–water partition coefficient (Wildman–Crippen LogP) is 1.90. The number of rotatable bonds is 2. The van der Waals surface area contributed by atoms with Crippen molar-refractivity contribution < 1.29 is 13.3 Å². The van der Waals surface area contributed by atoms with Gasteiger partial charge >= 0.3 is 0 Å². The molecule has 3 rings (SSSR count). The largest absolute Gasteiger partial charge is 0.334 e. The third-order valence-electron chi connectivity index (χ3n) is 3.73. The Morgan fingerprint density at radius 2 is 2.14 bits per heavy atom. The molecular formula is C14H16F2N4O. The summed E-state index contributed by atoms with van der Waals surface area (Å²) in [6.07, 6.45) is 0. The van der Waals surface area contributed by atoms with Crippen molar-refractivity contribution in [3.8, 4) is 11.5 Å². The molecule has 0 aliphatic carbocycles. The minimum Gasteiger partial charge on any atom is -0.334 e. The molecule has 0 spiro atoms. The topological polar surface area (TPSA) is 54.2 Å². The highest BCUT2D eigenvalue weighted by Crippen LogP contribution is 2.26. The van der Waals surface area contributed by atoms with Crippen molar-refractivity contribution in [2.24, 2.45) is 0 Å². The third kappa shape index (κ3) is 2.66. The Morgan fingerprint density at radius 3 is 2.90 bits per heavy atom. The van der Waals surface area contributed by atoms with E-state index in [2.05, 4.69) is 20.4 Å². The molecule has 0 saturated carbocycles. The summed E-state index contributed by atoms with van der Waals surface area (Å²) in [7, 11) is 1.98. The Hall–Kier alpha value is -1.86. The second-order valence-corrected chi connectivity index (χ2v) is 5.24. The van der Waals surface area contributed by atoms with Crippen LogP contribution in [0.25, 0.3) is 11.5 Å². The van der Waals surface area contributed by atoms with Gasteiger partial charge in [0.2, 0.25) is 0 Å². The average Bonchev–Trinajstić information content (AvgIpc) is 2.92. The van der Waals surface area contributed by atoms with Gasteiger partial charge in [-0.3, -0.25) is 4.90 Å². The van der Waals surface area contributed by atoms with Crippen LogP contribution in [0.5, 0.6) is 0 Å². The molecule has 2 heterocycles. The maximum atomic E-state index is 13.9. The molecule has 1 unspecified atom stereocenters. The summed E-state index contributed by atoms with van der Waals surface area (Å²) < 4.78 is 32.3. The van der Waals surface area contributed by atoms with Crippen LogP contribution in [0.3, 0.4) is 0 Å². The van der Waals surface area contributed by atoms with Gasteiger partial charge in [0, 0.05) is 25.7 Å². The summed E-state index contributed by atoms with van der Waals surface area (Å²) in [5, 5.41) is 7.19. The number of likely N-dealkylation sites (N-methyl/N-ethyl adjacent to an activating group) is 1. The molecule has 0 amide bonds. The molecule has 0 bridgehead atoms. The zero-order valence-electron chi connectivity index (χ0n) is 11.9. The van der Waals surface area contributed by atoms with Gasteiger partial charge in [0.1, 0.15) is 11.6 Å². The zero-order chi connectivity index (χ0) is 15.0. The molecule has 7 heteroatoms. The summed E-state index contributed by atoms with van der Waals surface area (Å²) in [5.41, 5.74) is 0.460. The van der Waals surface area contributed by atoms with Gasteiger partial charge in [-0.2, -0.15) is 4.98 Å². The molecule has 1 saturated heterocycles. The highest BCUT2D eigenvalue weighted by Gasteiger charge is 2.26. The van der Waals surface area contributed by atoms with E-state index in [0.717, 1.165) is 19.2 Å². The first-order chi connectivity index (χ1) is 10.1. The summed E-state index contributed by atoms with van der Waals surface area (Å²) in [5.74, 6) is -0.721. The molecule has 1 aromatic carbocycles. The van der Waals surface area contributed by atoms with E-state index in [1.807, 2.05) is 7.05 Å². The van der Waals surface area contributed by atoms with Crippen molar-refractivity contribution >= 4 is 0 Å². The zero-order valence-corrected chi connectivity index (χ0v) is 11.9. The third-order valence-corrected chi connectivity index (χ3v) is 3.73. The van der Waals surface area contributed by atoms with E-state index < -0.39 is 11.6 Å². The van der Waals surface area contributed by atoms with Gasteiger partial charge in [0.05, 0.1) is 11.6 Å². The van der Waals surface area contributed by atoms with Gasteiger partial charge in [-0.1, -0.05) is 5.16 Å². The lowest BCUT2D eigenvalue weighted by Gasteiger charge is -2.30. The Balaban J connectivity index is 1.93. The number of halogens is 2. The first-order valence-electron chi connectivity index (χ1n) is 6.77. The predicted molar refractivity (Wildman–Crippen MR) is 72.6 cm³/mol. The maximum absolute atomic E-state index is 13.9. The Labute approximate surface area is 120 Å². The second kappa shape index (κ2) is 5.50. The van der Waals surface area contributed by atoms with E-state index in [0.29, 0.717) is 17.9 Å². The lowest BCUT2D eigenvalue weighted by atomic mass is 10.1. The van der Waals surface area contributed by atoms with Crippen LogP contribution in [-0.4, -0.2) is 41.7 Å². The molecule has 112 valence electrons. The lowest BCUT2D eigenvalue weighted by Crippen LogP contribution is -2.44. The fourth-order valence-corrected chi connectivity index (χ4v) is 2.40. The highest BCUT2D eigenvalue weighted by atomic mass is 19.1. The fourth-order valence-electron chi connectivity index (χ4n) is 2.40. The fraction of sp³-hybridized carbons (Fsp3) is 0.429. The number of benzene rings is 1. The monoisotopic (exact) mass is 294 g/mol. The van der Waals surface area contributed by atoms with Crippen LogP contribution in [-0.2, 0) is 0 Å². The van der Waals surface area contributed by atoms with Crippen LogP contribution >= 0.6 is 0 Å². The van der Waals surface area contributed by atoms with Gasteiger partial charge in [-0.15, -0.1) is 0 Å². The van der Waals surface area contributed by atoms with E-state index in [1.165, 1.54) is 6.07 Å². The summed E-state index contributed by atoms with van der Waals surface area (Å²) in [6.45, 7) is 4.05. The van der Waals surface area contributed by atoms with Crippen LogP contribution in [0.4, 0.5) is 8.78 Å². The number of hydrogen-bond acceptors (Lipinski definition) is 5. The number of piperazine rings is 1. The van der Waals surface area contributed by atoms with E-state index in [4.69, 9.17) is 4.52 Å². The highest BCUT2D eigenvalue weighted by molar-refractivity contribution is 5.55. The molecule has 5 nitrogen and oxygen atoms in total. The molecule has 2 aromatic rings. The molecule has 1 aliphatic rings. The average molecular weight is 294 g/mol. The SMILES string of the molecule is Cc1cc(-c2nc(C3CNCCN3C)no2)c(F)cc1F. The molecule has 1 aromatic heterocycles. The minimum absolute atomic E-state index is 0.0131. The van der Waals surface area contributed by atoms with Crippen LogP contribution < -0.4 is 5.32 Å². The second-order valence-electron chi connectivity index (χ2n) is 5.24. The number of hydrogen-bond donors (Lipinski definition) is 1. The summed E-state index contributed by atoms with van der Waals surface area (Å²) in [4.78, 5) is 6.37. The van der Waals surface area contributed by atoms with E-state index >= 15 is 0 Å². The minimum atomic E-state index is -0.705. The first kappa shape index (κ1) is 14.1. The van der Waals surface area contributed by atoms with Gasteiger partial charge < -0.3 is 9.84 Å². The van der Waals surface area contributed by atoms with Gasteiger partial charge in [0.15, 0.2) is 5.82 Å². The quantitative estimate of drug-likeness (QED) is 0.917. The van der Waals surface area contributed by atoms with Crippen molar-refractivity contribution in [2.75, 3.05) is 26.7 Å². The molecule has 21 heavy (non-hydrogen) atoms. The van der Waals surface area contributed by atoms with Crippen LogP contribution in [0.1, 0.15) is 17.4 Å². The standard InChI is InChI=1S/C14H16F2N4O/c1-8-5-9(11(16)6-10(8)15)14-18-13(19-21-14)12-7-17-3-4-20(12)2/h5-6,12,17H,3-4,7H2,1-2H3. The van der Waals surface area contributed by atoms with Gasteiger partial charge in [0.25, 0.3) is 5.89 Å². The molecule has 1 atom stereocenters. The normalized spacial score (nSPS) is 19.9. The van der Waals surface area contributed by atoms with Crippen LogP contribution in [0.15, 0.2) is 16.7 Å². The molecule has 1 aliphatic heterocycles. The lowest BCUT2D eigenvalue weighted by molar-refractivity contribution is 0.190. The van der Waals surface area contributed by atoms with Gasteiger partial charge in [-0.25, -0.2) is 8.78 Å². The maximum Gasteiger partial charge on any atom is 0.260 e. The van der Waals surface area contributed by atoms with E-state index in [9.17, 15) is 8.78 Å². The van der Waals surface area contributed by atoms with Crippen molar-refractivity contribution in [1.29, 1.82) is 0 Å². The molecule has 1 N–H and O–H groups in total. The Morgan fingerprint density at radius 1 is 1.33 bits per heavy atom. The van der Waals surface area contributed by atoms with E-state index in [-0.39, 0.29) is 17.5 Å². The number of nitrogens with zero attached hydrogens (tertiary/aromatic N) is 3. The van der Waals surface area contributed by atoms with Crippen LogP contribution in [0.2, 0.25) is 0 Å². The smallest absolute Gasteiger partial charge is 0.260 e. The van der Waals surface area contributed by atoms with Crippen molar-refractivity contribution in [2.45, 2.75) is 13.0 Å².